The van der Waals surface area contributed by atoms with Crippen LogP contribution in [0, 0.1) is 6.92 Å². The molecule has 156 valence electrons. The van der Waals surface area contributed by atoms with Gasteiger partial charge in [0.2, 0.25) is 0 Å². The van der Waals surface area contributed by atoms with Crippen molar-refractivity contribution in [2.45, 2.75) is 59.7 Å². The molecular formula is C21H33N3O4. The van der Waals surface area contributed by atoms with Gasteiger partial charge in [0, 0.05) is 37.6 Å². The highest BCUT2D eigenvalue weighted by molar-refractivity contribution is 5.94. The Morgan fingerprint density at radius 3 is 1.96 bits per heavy atom. The number of rotatable bonds is 2. The van der Waals surface area contributed by atoms with Crippen LogP contribution in [0.4, 0.5) is 16.2 Å². The number of esters is 1. The number of nitrogens with zero attached hydrogens (tertiary/aromatic N) is 2. The van der Waals surface area contributed by atoms with Crippen molar-refractivity contribution in [3.05, 3.63) is 23.3 Å². The van der Waals surface area contributed by atoms with E-state index in [1.165, 1.54) is 0 Å². The Balaban J connectivity index is 2.15. The summed E-state index contributed by atoms with van der Waals surface area (Å²) >= 11 is 0. The average Bonchev–Trinajstić information content (AvgIpc) is 2.53. The van der Waals surface area contributed by atoms with Crippen LogP contribution in [0.2, 0.25) is 0 Å². The highest BCUT2D eigenvalue weighted by Crippen LogP contribution is 2.29. The zero-order valence-electron chi connectivity index (χ0n) is 18.1. The molecule has 1 fully saturated rings. The summed E-state index contributed by atoms with van der Waals surface area (Å²) in [6, 6.07) is 3.52. The topological polar surface area (TPSA) is 85.1 Å². The molecule has 0 unspecified atom stereocenters. The van der Waals surface area contributed by atoms with Crippen LogP contribution in [0.5, 0.6) is 0 Å². The molecule has 1 aromatic rings. The molecule has 1 aromatic carbocycles. The summed E-state index contributed by atoms with van der Waals surface area (Å²) < 4.78 is 11.0. The molecule has 2 rings (SSSR count). The molecule has 0 aromatic heterocycles. The van der Waals surface area contributed by atoms with E-state index in [0.29, 0.717) is 37.4 Å². The van der Waals surface area contributed by atoms with Crippen LogP contribution in [0.15, 0.2) is 12.1 Å². The Morgan fingerprint density at radius 2 is 1.46 bits per heavy atom. The van der Waals surface area contributed by atoms with E-state index >= 15 is 0 Å². The maximum absolute atomic E-state index is 12.6. The number of nitrogens with two attached hydrogens (primary N) is 1. The number of amides is 1. The van der Waals surface area contributed by atoms with Gasteiger partial charge in [-0.05, 0) is 66.2 Å². The van der Waals surface area contributed by atoms with Crippen molar-refractivity contribution in [3.8, 4) is 0 Å². The molecule has 1 aliphatic heterocycles. The number of carbonyl (C=O) groups is 2. The number of piperazine rings is 1. The molecule has 1 saturated heterocycles. The molecule has 0 radical (unpaired) electrons. The first kappa shape index (κ1) is 21.9. The van der Waals surface area contributed by atoms with Gasteiger partial charge in [-0.1, -0.05) is 0 Å². The van der Waals surface area contributed by atoms with E-state index in [2.05, 4.69) is 4.90 Å². The summed E-state index contributed by atoms with van der Waals surface area (Å²) in [6.07, 6.45) is -0.300. The van der Waals surface area contributed by atoms with Gasteiger partial charge < -0.3 is 25.0 Å². The maximum Gasteiger partial charge on any atom is 0.410 e. The molecule has 0 bridgehead atoms. The minimum absolute atomic E-state index is 0.300. The second-order valence-electron chi connectivity index (χ2n) is 9.17. The SMILES string of the molecule is Cc1c(C(=O)OC(C)(C)C)cc(N)cc1N1CCN(C(=O)OC(C)(C)C)CC1. The smallest absolute Gasteiger partial charge is 0.410 e. The predicted octanol–water partition coefficient (Wildman–Crippen LogP) is 3.59. The Kier molecular flexibility index (Phi) is 6.16. The number of carbonyl (C=O) groups excluding carboxylic acids is 2. The van der Waals surface area contributed by atoms with Crippen LogP contribution in [0.25, 0.3) is 0 Å². The maximum atomic E-state index is 12.6. The largest absolute Gasteiger partial charge is 0.456 e. The molecule has 28 heavy (non-hydrogen) atoms. The van der Waals surface area contributed by atoms with Gasteiger partial charge in [-0.3, -0.25) is 0 Å². The third-order valence-electron chi connectivity index (χ3n) is 4.29. The zero-order valence-corrected chi connectivity index (χ0v) is 18.1. The van der Waals surface area contributed by atoms with Crippen LogP contribution in [0.3, 0.4) is 0 Å². The number of hydrogen-bond donors (Lipinski definition) is 1. The van der Waals surface area contributed by atoms with Crippen LogP contribution in [-0.4, -0.2) is 54.3 Å². The number of nitrogen functional groups attached to an aromatic ring is 1. The second kappa shape index (κ2) is 7.89. The van der Waals surface area contributed by atoms with Gasteiger partial charge in [0.05, 0.1) is 5.56 Å². The molecule has 0 aliphatic carbocycles. The van der Waals surface area contributed by atoms with Crippen LogP contribution in [-0.2, 0) is 9.47 Å². The lowest BCUT2D eigenvalue weighted by Crippen LogP contribution is -2.50. The molecular weight excluding hydrogens is 358 g/mol. The lowest BCUT2D eigenvalue weighted by atomic mass is 10.0. The lowest BCUT2D eigenvalue weighted by Gasteiger charge is -2.37. The normalized spacial score (nSPS) is 15.4. The van der Waals surface area contributed by atoms with Gasteiger partial charge in [0.25, 0.3) is 0 Å². The van der Waals surface area contributed by atoms with E-state index < -0.39 is 11.2 Å². The van der Waals surface area contributed by atoms with E-state index in [0.717, 1.165) is 11.3 Å². The standard InChI is InChI=1S/C21H33N3O4/c1-14-16(18(25)27-20(2,3)4)12-15(22)13-17(14)23-8-10-24(11-9-23)19(26)28-21(5,6)7/h12-13H,8-11,22H2,1-7H3. The predicted molar refractivity (Wildman–Crippen MR) is 111 cm³/mol. The van der Waals surface area contributed by atoms with Gasteiger partial charge in [-0.15, -0.1) is 0 Å². The summed E-state index contributed by atoms with van der Waals surface area (Å²) in [5, 5.41) is 0. The molecule has 1 amide bonds. The van der Waals surface area contributed by atoms with Crippen molar-refractivity contribution in [2.75, 3.05) is 36.8 Å². The molecule has 7 heteroatoms. The van der Waals surface area contributed by atoms with Crippen LogP contribution < -0.4 is 10.6 Å². The van der Waals surface area contributed by atoms with Crippen molar-refractivity contribution < 1.29 is 19.1 Å². The summed E-state index contributed by atoms with van der Waals surface area (Å²) in [5.74, 6) is -0.383. The van der Waals surface area contributed by atoms with E-state index in [1.807, 2.05) is 54.5 Å². The number of benzene rings is 1. The zero-order chi connectivity index (χ0) is 21.3. The van der Waals surface area contributed by atoms with Crippen LogP contribution in [0.1, 0.15) is 57.5 Å². The van der Waals surface area contributed by atoms with Crippen molar-refractivity contribution in [1.82, 2.24) is 4.90 Å². The third kappa shape index (κ3) is 5.78. The molecule has 1 heterocycles. The van der Waals surface area contributed by atoms with E-state index in [9.17, 15) is 9.59 Å². The van der Waals surface area contributed by atoms with E-state index in [4.69, 9.17) is 15.2 Å². The quantitative estimate of drug-likeness (QED) is 0.613. The minimum atomic E-state index is -0.576. The Bertz CT molecular complexity index is 739. The average molecular weight is 392 g/mol. The van der Waals surface area contributed by atoms with Gasteiger partial charge in [0.1, 0.15) is 11.2 Å². The molecule has 1 aliphatic rings. The highest BCUT2D eigenvalue weighted by Gasteiger charge is 2.28. The first-order valence-electron chi connectivity index (χ1n) is 9.63. The summed E-state index contributed by atoms with van der Waals surface area (Å²) in [5.41, 5.74) is 7.68. The molecule has 0 spiro atoms. The molecule has 2 N–H and O–H groups in total. The Morgan fingerprint density at radius 1 is 0.929 bits per heavy atom. The van der Waals surface area contributed by atoms with Gasteiger partial charge in [0.15, 0.2) is 0 Å². The van der Waals surface area contributed by atoms with Gasteiger partial charge in [-0.25, -0.2) is 9.59 Å². The summed E-state index contributed by atoms with van der Waals surface area (Å²) in [6.45, 7) is 15.3. The second-order valence-corrected chi connectivity index (χ2v) is 9.17. The first-order valence-corrected chi connectivity index (χ1v) is 9.63. The Labute approximate surface area is 167 Å². The van der Waals surface area contributed by atoms with Crippen molar-refractivity contribution in [1.29, 1.82) is 0 Å². The molecule has 7 nitrogen and oxygen atoms in total. The molecule has 0 saturated carbocycles. The number of hydrogen-bond acceptors (Lipinski definition) is 6. The summed E-state index contributed by atoms with van der Waals surface area (Å²) in [4.78, 5) is 28.7. The Hall–Kier alpha value is -2.44. The van der Waals surface area contributed by atoms with E-state index in [-0.39, 0.29) is 12.1 Å². The lowest BCUT2D eigenvalue weighted by molar-refractivity contribution is 0.00683. The van der Waals surface area contributed by atoms with Gasteiger partial charge >= 0.3 is 12.1 Å². The minimum Gasteiger partial charge on any atom is -0.456 e. The van der Waals surface area contributed by atoms with E-state index in [1.54, 1.807) is 11.0 Å². The van der Waals surface area contributed by atoms with Crippen molar-refractivity contribution >= 4 is 23.4 Å². The molecule has 0 atom stereocenters. The van der Waals surface area contributed by atoms with Crippen molar-refractivity contribution in [3.63, 3.8) is 0 Å². The fourth-order valence-electron chi connectivity index (χ4n) is 3.05. The van der Waals surface area contributed by atoms with Crippen molar-refractivity contribution in [2.24, 2.45) is 0 Å². The van der Waals surface area contributed by atoms with Crippen LogP contribution >= 0.6 is 0 Å². The fourth-order valence-corrected chi connectivity index (χ4v) is 3.05. The monoisotopic (exact) mass is 391 g/mol. The summed E-state index contributed by atoms with van der Waals surface area (Å²) in [7, 11) is 0. The highest BCUT2D eigenvalue weighted by atomic mass is 16.6. The van der Waals surface area contributed by atoms with Gasteiger partial charge in [-0.2, -0.15) is 0 Å². The number of ether oxygens (including phenoxy) is 2. The fraction of sp³-hybridized carbons (Fsp3) is 0.619. The number of anilines is 2. The first-order chi connectivity index (χ1) is 12.8. The third-order valence-corrected chi connectivity index (χ3v) is 4.29.